The second-order valence-electron chi connectivity index (χ2n) is 3.80. The number of pyridine rings is 1. The van der Waals surface area contributed by atoms with Crippen LogP contribution in [0.25, 0.3) is 5.65 Å². The van der Waals surface area contributed by atoms with Crippen LogP contribution >= 0.6 is 15.9 Å². The Morgan fingerprint density at radius 2 is 2.38 bits per heavy atom. The summed E-state index contributed by atoms with van der Waals surface area (Å²) in [7, 11) is 0. The fourth-order valence-corrected chi connectivity index (χ4v) is 1.88. The quantitative estimate of drug-likeness (QED) is 0.896. The minimum atomic E-state index is -0.328. The first-order valence-corrected chi connectivity index (χ1v) is 5.96. The van der Waals surface area contributed by atoms with E-state index in [1.807, 2.05) is 28.9 Å². The van der Waals surface area contributed by atoms with E-state index in [0.29, 0.717) is 13.1 Å². The van der Waals surface area contributed by atoms with E-state index in [0.717, 1.165) is 15.8 Å². The lowest BCUT2D eigenvalue weighted by Gasteiger charge is -2.06. The van der Waals surface area contributed by atoms with Crippen molar-refractivity contribution in [2.45, 2.75) is 19.6 Å². The predicted molar refractivity (Wildman–Crippen MR) is 66.3 cm³/mol. The molecule has 2 aromatic heterocycles. The van der Waals surface area contributed by atoms with E-state index in [-0.39, 0.29) is 6.10 Å². The van der Waals surface area contributed by atoms with Gasteiger partial charge in [0.2, 0.25) is 0 Å². The summed E-state index contributed by atoms with van der Waals surface area (Å²) in [6.45, 7) is 3.04. The maximum absolute atomic E-state index is 9.15. The number of aliphatic hydroxyl groups excluding tert-OH is 1. The highest BCUT2D eigenvalue weighted by Gasteiger charge is 2.03. The third-order valence-corrected chi connectivity index (χ3v) is 2.76. The van der Waals surface area contributed by atoms with E-state index < -0.39 is 0 Å². The summed E-state index contributed by atoms with van der Waals surface area (Å²) in [6.07, 6.45) is 3.50. The van der Waals surface area contributed by atoms with Gasteiger partial charge >= 0.3 is 0 Å². The number of aromatic nitrogens is 2. The topological polar surface area (TPSA) is 49.6 Å². The molecule has 0 aliphatic heterocycles. The van der Waals surface area contributed by atoms with E-state index in [1.54, 1.807) is 6.92 Å². The van der Waals surface area contributed by atoms with Crippen LogP contribution in [0.2, 0.25) is 0 Å². The lowest BCUT2D eigenvalue weighted by atomic mass is 10.4. The molecule has 0 radical (unpaired) electrons. The standard InChI is InChI=1S/C11H14BrN3O/c1-8(16)4-13-5-10-6-14-11-3-2-9(12)7-15(10)11/h2-3,6-8,13,16H,4-5H2,1H3/t8-/m0/s1. The average Bonchev–Trinajstić information content (AvgIpc) is 2.60. The molecule has 5 heteroatoms. The average molecular weight is 284 g/mol. The van der Waals surface area contributed by atoms with Gasteiger partial charge in [0.05, 0.1) is 18.0 Å². The predicted octanol–water partition coefficient (Wildman–Crippen LogP) is 1.57. The Morgan fingerprint density at radius 1 is 1.56 bits per heavy atom. The highest BCUT2D eigenvalue weighted by molar-refractivity contribution is 9.10. The van der Waals surface area contributed by atoms with Crippen molar-refractivity contribution in [2.24, 2.45) is 0 Å². The summed E-state index contributed by atoms with van der Waals surface area (Å²) in [5, 5.41) is 12.3. The highest BCUT2D eigenvalue weighted by atomic mass is 79.9. The fourth-order valence-electron chi connectivity index (χ4n) is 1.55. The minimum Gasteiger partial charge on any atom is -0.392 e. The summed E-state index contributed by atoms with van der Waals surface area (Å²) >= 11 is 3.43. The van der Waals surface area contributed by atoms with E-state index >= 15 is 0 Å². The van der Waals surface area contributed by atoms with Crippen molar-refractivity contribution in [1.82, 2.24) is 14.7 Å². The number of nitrogens with one attached hydrogen (secondary N) is 1. The summed E-state index contributed by atoms with van der Waals surface area (Å²) in [5.74, 6) is 0. The molecule has 0 spiro atoms. The molecule has 0 unspecified atom stereocenters. The number of hydrogen-bond donors (Lipinski definition) is 2. The largest absolute Gasteiger partial charge is 0.392 e. The van der Waals surface area contributed by atoms with Crippen LogP contribution in [0.15, 0.2) is 29.0 Å². The molecule has 0 saturated heterocycles. The third-order valence-electron chi connectivity index (χ3n) is 2.29. The van der Waals surface area contributed by atoms with Crippen molar-refractivity contribution in [1.29, 1.82) is 0 Å². The number of hydrogen-bond acceptors (Lipinski definition) is 3. The molecule has 2 heterocycles. The molecule has 4 nitrogen and oxygen atoms in total. The Morgan fingerprint density at radius 3 is 3.12 bits per heavy atom. The van der Waals surface area contributed by atoms with Gasteiger partial charge in [0, 0.05) is 23.8 Å². The maximum Gasteiger partial charge on any atom is 0.136 e. The Labute approximate surface area is 102 Å². The molecule has 2 aromatic rings. The molecule has 86 valence electrons. The summed E-state index contributed by atoms with van der Waals surface area (Å²) in [5.41, 5.74) is 2.01. The number of imidazole rings is 1. The molecule has 1 atom stereocenters. The van der Waals surface area contributed by atoms with Crippen LogP contribution in [-0.4, -0.2) is 27.1 Å². The first kappa shape index (κ1) is 11.6. The van der Waals surface area contributed by atoms with Crippen molar-refractivity contribution >= 4 is 21.6 Å². The molecule has 0 aromatic carbocycles. The second-order valence-corrected chi connectivity index (χ2v) is 4.72. The molecule has 0 amide bonds. The molecule has 0 saturated carbocycles. The Kier molecular flexibility index (Phi) is 3.58. The van der Waals surface area contributed by atoms with Gasteiger partial charge in [-0.05, 0) is 35.0 Å². The van der Waals surface area contributed by atoms with Gasteiger partial charge in [0.25, 0.3) is 0 Å². The molecule has 0 fully saturated rings. The number of nitrogens with zero attached hydrogens (tertiary/aromatic N) is 2. The number of halogens is 1. The van der Waals surface area contributed by atoms with Crippen LogP contribution in [0.3, 0.4) is 0 Å². The Hall–Kier alpha value is -0.910. The molecule has 2 rings (SSSR count). The molecular weight excluding hydrogens is 270 g/mol. The minimum absolute atomic E-state index is 0.328. The van der Waals surface area contributed by atoms with Crippen LogP contribution in [0.4, 0.5) is 0 Å². The van der Waals surface area contributed by atoms with Gasteiger partial charge in [-0.2, -0.15) is 0 Å². The fraction of sp³-hybridized carbons (Fsp3) is 0.364. The van der Waals surface area contributed by atoms with Crippen molar-refractivity contribution in [2.75, 3.05) is 6.54 Å². The zero-order chi connectivity index (χ0) is 11.5. The second kappa shape index (κ2) is 4.95. The van der Waals surface area contributed by atoms with Crippen LogP contribution in [0.1, 0.15) is 12.6 Å². The van der Waals surface area contributed by atoms with Crippen molar-refractivity contribution in [3.63, 3.8) is 0 Å². The monoisotopic (exact) mass is 283 g/mol. The van der Waals surface area contributed by atoms with Crippen molar-refractivity contribution in [3.05, 3.63) is 34.7 Å². The molecule has 2 N–H and O–H groups in total. The van der Waals surface area contributed by atoms with Gasteiger partial charge < -0.3 is 14.8 Å². The number of rotatable bonds is 4. The lowest BCUT2D eigenvalue weighted by Crippen LogP contribution is -2.24. The van der Waals surface area contributed by atoms with E-state index in [1.165, 1.54) is 0 Å². The normalized spacial score (nSPS) is 13.2. The van der Waals surface area contributed by atoms with E-state index in [4.69, 9.17) is 5.11 Å². The number of aliphatic hydroxyl groups is 1. The van der Waals surface area contributed by atoms with Crippen LogP contribution in [0, 0.1) is 0 Å². The van der Waals surface area contributed by atoms with Crippen LogP contribution in [0.5, 0.6) is 0 Å². The zero-order valence-corrected chi connectivity index (χ0v) is 10.6. The maximum atomic E-state index is 9.15. The van der Waals surface area contributed by atoms with Crippen LogP contribution < -0.4 is 5.32 Å². The summed E-state index contributed by atoms with van der Waals surface area (Å²) in [4.78, 5) is 4.30. The smallest absolute Gasteiger partial charge is 0.136 e. The molecule has 0 aliphatic carbocycles. The summed E-state index contributed by atoms with van der Waals surface area (Å²) < 4.78 is 3.05. The summed E-state index contributed by atoms with van der Waals surface area (Å²) in [6, 6.07) is 3.93. The van der Waals surface area contributed by atoms with E-state index in [9.17, 15) is 0 Å². The van der Waals surface area contributed by atoms with Gasteiger partial charge in [-0.3, -0.25) is 0 Å². The van der Waals surface area contributed by atoms with E-state index in [2.05, 4.69) is 26.2 Å². The van der Waals surface area contributed by atoms with Crippen LogP contribution in [-0.2, 0) is 6.54 Å². The zero-order valence-electron chi connectivity index (χ0n) is 9.02. The SMILES string of the molecule is C[C@H](O)CNCc1cnc2ccc(Br)cn12. The number of fused-ring (bicyclic) bond motifs is 1. The van der Waals surface area contributed by atoms with Gasteiger partial charge in [-0.15, -0.1) is 0 Å². The van der Waals surface area contributed by atoms with Gasteiger partial charge in [0.1, 0.15) is 5.65 Å². The molecular formula is C11H14BrN3O. The van der Waals surface area contributed by atoms with Gasteiger partial charge in [-0.1, -0.05) is 0 Å². The highest BCUT2D eigenvalue weighted by Crippen LogP contribution is 2.13. The van der Waals surface area contributed by atoms with Crippen molar-refractivity contribution in [3.8, 4) is 0 Å². The van der Waals surface area contributed by atoms with Gasteiger partial charge in [0.15, 0.2) is 0 Å². The first-order valence-electron chi connectivity index (χ1n) is 5.17. The molecule has 0 bridgehead atoms. The Bertz CT molecular complexity index is 481. The first-order chi connectivity index (χ1) is 7.66. The van der Waals surface area contributed by atoms with Crippen molar-refractivity contribution < 1.29 is 5.11 Å². The molecule has 16 heavy (non-hydrogen) atoms. The third kappa shape index (κ3) is 2.61. The lowest BCUT2D eigenvalue weighted by molar-refractivity contribution is 0.191. The Balaban J connectivity index is 2.15. The molecule has 0 aliphatic rings. The van der Waals surface area contributed by atoms with Gasteiger partial charge in [-0.25, -0.2) is 4.98 Å².